The van der Waals surface area contributed by atoms with Crippen LogP contribution in [0.5, 0.6) is 11.5 Å². The molecule has 0 bridgehead atoms. The number of hydrogen-bond acceptors (Lipinski definition) is 4. The van der Waals surface area contributed by atoms with E-state index in [1.165, 1.54) is 0 Å². The molecule has 0 saturated heterocycles. The Hall–Kier alpha value is -4.06. The van der Waals surface area contributed by atoms with Gasteiger partial charge in [0.1, 0.15) is 17.2 Å². The number of carbonyl (C=O) groups excluding carboxylic acids is 1. The molecule has 4 aromatic rings. The van der Waals surface area contributed by atoms with Gasteiger partial charge in [0.2, 0.25) is 0 Å². The highest BCUT2D eigenvalue weighted by atomic mass is 16.5. The lowest BCUT2D eigenvalue weighted by molar-refractivity contribution is 0.102. The molecule has 6 heteroatoms. The van der Waals surface area contributed by atoms with Gasteiger partial charge in [0.25, 0.3) is 5.91 Å². The third-order valence-electron chi connectivity index (χ3n) is 5.27. The van der Waals surface area contributed by atoms with Gasteiger partial charge >= 0.3 is 0 Å². The van der Waals surface area contributed by atoms with Crippen molar-refractivity contribution in [1.29, 1.82) is 0 Å². The summed E-state index contributed by atoms with van der Waals surface area (Å²) in [7, 11) is 3.19. The fourth-order valence-electron chi connectivity index (χ4n) is 3.59. The maximum absolute atomic E-state index is 13.4. The summed E-state index contributed by atoms with van der Waals surface area (Å²) in [6.07, 6.45) is 1.74. The number of aryl methyl sites for hydroxylation is 2. The van der Waals surface area contributed by atoms with Gasteiger partial charge in [0, 0.05) is 17.4 Å². The van der Waals surface area contributed by atoms with Crippen molar-refractivity contribution in [3.05, 3.63) is 89.6 Å². The lowest BCUT2D eigenvalue weighted by atomic mass is 10.1. The summed E-state index contributed by atoms with van der Waals surface area (Å²) in [5.41, 5.74) is 5.35. The molecule has 0 aliphatic heterocycles. The molecule has 0 unspecified atom stereocenters. The Morgan fingerprint density at radius 2 is 1.72 bits per heavy atom. The van der Waals surface area contributed by atoms with E-state index in [0.29, 0.717) is 28.3 Å². The number of amides is 1. The maximum atomic E-state index is 13.4. The standard InChI is InChI=1S/C26H25N3O3/c1-17-10-12-23(18(2)14-17)27-26(30)22-16-29(19-8-6-5-7-9-19)28-25(22)21-15-20(31-3)11-13-24(21)32-4/h5-16H,1-4H3,(H,27,30). The van der Waals surface area contributed by atoms with Crippen molar-refractivity contribution in [1.82, 2.24) is 9.78 Å². The molecule has 1 amide bonds. The number of ether oxygens (including phenoxy) is 2. The van der Waals surface area contributed by atoms with Crippen LogP contribution in [0.1, 0.15) is 21.5 Å². The summed E-state index contributed by atoms with van der Waals surface area (Å²) < 4.78 is 12.7. The third-order valence-corrected chi connectivity index (χ3v) is 5.27. The minimum absolute atomic E-state index is 0.251. The van der Waals surface area contributed by atoms with Gasteiger partial charge in [0.15, 0.2) is 0 Å². The SMILES string of the molecule is COc1ccc(OC)c(-c2nn(-c3ccccc3)cc2C(=O)Nc2ccc(C)cc2C)c1. The fraction of sp³-hybridized carbons (Fsp3) is 0.154. The predicted molar refractivity (Wildman–Crippen MR) is 126 cm³/mol. The number of hydrogen-bond donors (Lipinski definition) is 1. The Labute approximate surface area is 187 Å². The molecule has 0 radical (unpaired) electrons. The zero-order valence-electron chi connectivity index (χ0n) is 18.5. The molecule has 0 saturated carbocycles. The quantitative estimate of drug-likeness (QED) is 0.446. The number of rotatable bonds is 6. The van der Waals surface area contributed by atoms with Crippen molar-refractivity contribution in [2.45, 2.75) is 13.8 Å². The first-order chi connectivity index (χ1) is 15.5. The van der Waals surface area contributed by atoms with Crippen LogP contribution in [0.4, 0.5) is 5.69 Å². The highest BCUT2D eigenvalue weighted by molar-refractivity contribution is 6.08. The van der Waals surface area contributed by atoms with E-state index in [1.807, 2.05) is 80.6 Å². The molecule has 1 heterocycles. The van der Waals surface area contributed by atoms with Gasteiger partial charge in [-0.1, -0.05) is 35.9 Å². The van der Waals surface area contributed by atoms with Crippen LogP contribution in [0, 0.1) is 13.8 Å². The molecule has 1 aromatic heterocycles. The number of carbonyl (C=O) groups is 1. The van der Waals surface area contributed by atoms with Crippen molar-refractivity contribution in [3.63, 3.8) is 0 Å². The summed E-state index contributed by atoms with van der Waals surface area (Å²) in [6.45, 7) is 4.00. The number of para-hydroxylation sites is 1. The second-order valence-electron chi connectivity index (χ2n) is 7.51. The summed E-state index contributed by atoms with van der Waals surface area (Å²) in [6, 6.07) is 21.0. The molecule has 4 rings (SSSR count). The topological polar surface area (TPSA) is 65.4 Å². The monoisotopic (exact) mass is 427 g/mol. The Morgan fingerprint density at radius 1 is 0.938 bits per heavy atom. The van der Waals surface area contributed by atoms with Crippen LogP contribution < -0.4 is 14.8 Å². The minimum Gasteiger partial charge on any atom is -0.497 e. The molecule has 6 nitrogen and oxygen atoms in total. The Bertz CT molecular complexity index is 1260. The smallest absolute Gasteiger partial charge is 0.259 e. The number of anilines is 1. The molecule has 0 spiro atoms. The molecule has 162 valence electrons. The van der Waals surface area contributed by atoms with Crippen LogP contribution in [0.3, 0.4) is 0 Å². The van der Waals surface area contributed by atoms with E-state index in [9.17, 15) is 4.79 Å². The fourth-order valence-corrected chi connectivity index (χ4v) is 3.59. The number of benzene rings is 3. The molecule has 0 fully saturated rings. The van der Waals surface area contributed by atoms with E-state index in [0.717, 1.165) is 22.5 Å². The van der Waals surface area contributed by atoms with Crippen molar-refractivity contribution in [3.8, 4) is 28.4 Å². The highest BCUT2D eigenvalue weighted by Gasteiger charge is 2.22. The molecule has 0 aliphatic rings. The Kier molecular flexibility index (Phi) is 5.94. The number of methoxy groups -OCH3 is 2. The van der Waals surface area contributed by atoms with Gasteiger partial charge in [-0.25, -0.2) is 4.68 Å². The molecule has 32 heavy (non-hydrogen) atoms. The molecule has 3 aromatic carbocycles. The Morgan fingerprint density at radius 3 is 2.41 bits per heavy atom. The first-order valence-corrected chi connectivity index (χ1v) is 10.3. The van der Waals surface area contributed by atoms with Gasteiger partial charge in [-0.3, -0.25) is 4.79 Å². The van der Waals surface area contributed by atoms with Crippen molar-refractivity contribution >= 4 is 11.6 Å². The first kappa shape index (κ1) is 21.2. The Balaban J connectivity index is 1.84. The second kappa shape index (κ2) is 8.98. The molecule has 0 atom stereocenters. The van der Waals surface area contributed by atoms with Crippen LogP contribution in [-0.4, -0.2) is 29.9 Å². The van der Waals surface area contributed by atoms with Gasteiger partial charge in [0.05, 0.1) is 25.5 Å². The van der Waals surface area contributed by atoms with E-state index in [4.69, 9.17) is 14.6 Å². The lowest BCUT2D eigenvalue weighted by Gasteiger charge is -2.11. The summed E-state index contributed by atoms with van der Waals surface area (Å²) in [5, 5.41) is 7.78. The first-order valence-electron chi connectivity index (χ1n) is 10.3. The minimum atomic E-state index is -0.251. The largest absolute Gasteiger partial charge is 0.497 e. The van der Waals surface area contributed by atoms with Crippen molar-refractivity contribution < 1.29 is 14.3 Å². The number of aromatic nitrogens is 2. The van der Waals surface area contributed by atoms with Crippen LogP contribution >= 0.6 is 0 Å². The average molecular weight is 428 g/mol. The molecule has 1 N–H and O–H groups in total. The van der Waals surface area contributed by atoms with Gasteiger partial charge in [-0.2, -0.15) is 5.10 Å². The van der Waals surface area contributed by atoms with E-state index in [-0.39, 0.29) is 5.91 Å². The number of nitrogens with zero attached hydrogens (tertiary/aromatic N) is 2. The zero-order chi connectivity index (χ0) is 22.7. The summed E-state index contributed by atoms with van der Waals surface area (Å²) >= 11 is 0. The summed E-state index contributed by atoms with van der Waals surface area (Å²) in [4.78, 5) is 13.4. The van der Waals surface area contributed by atoms with Crippen LogP contribution in [0.15, 0.2) is 72.9 Å². The number of nitrogens with one attached hydrogen (secondary N) is 1. The van der Waals surface area contributed by atoms with Crippen LogP contribution in [0.25, 0.3) is 16.9 Å². The van der Waals surface area contributed by atoms with E-state index < -0.39 is 0 Å². The molecular formula is C26H25N3O3. The highest BCUT2D eigenvalue weighted by Crippen LogP contribution is 2.35. The molecule has 0 aliphatic carbocycles. The van der Waals surface area contributed by atoms with Crippen LogP contribution in [-0.2, 0) is 0 Å². The summed E-state index contributed by atoms with van der Waals surface area (Å²) in [5.74, 6) is 1.000. The molecular weight excluding hydrogens is 402 g/mol. The van der Waals surface area contributed by atoms with E-state index in [1.54, 1.807) is 25.1 Å². The van der Waals surface area contributed by atoms with Crippen molar-refractivity contribution in [2.24, 2.45) is 0 Å². The van der Waals surface area contributed by atoms with E-state index >= 15 is 0 Å². The van der Waals surface area contributed by atoms with Gasteiger partial charge < -0.3 is 14.8 Å². The maximum Gasteiger partial charge on any atom is 0.259 e. The van der Waals surface area contributed by atoms with Gasteiger partial charge in [-0.05, 0) is 55.8 Å². The zero-order valence-corrected chi connectivity index (χ0v) is 18.5. The lowest BCUT2D eigenvalue weighted by Crippen LogP contribution is -2.13. The normalized spacial score (nSPS) is 10.6. The predicted octanol–water partition coefficient (Wildman–Crippen LogP) is 5.43. The second-order valence-corrected chi connectivity index (χ2v) is 7.51. The van der Waals surface area contributed by atoms with E-state index in [2.05, 4.69) is 5.32 Å². The average Bonchev–Trinajstić information content (AvgIpc) is 3.26. The van der Waals surface area contributed by atoms with Crippen LogP contribution in [0.2, 0.25) is 0 Å². The third kappa shape index (κ3) is 4.21. The van der Waals surface area contributed by atoms with Crippen molar-refractivity contribution in [2.75, 3.05) is 19.5 Å². The van der Waals surface area contributed by atoms with Gasteiger partial charge in [-0.15, -0.1) is 0 Å².